The van der Waals surface area contributed by atoms with Crippen LogP contribution in [0, 0.1) is 0 Å². The van der Waals surface area contributed by atoms with E-state index in [4.69, 9.17) is 16.7 Å². The summed E-state index contributed by atoms with van der Waals surface area (Å²) in [5.74, 6) is 0. The molecule has 0 aromatic heterocycles. The number of rotatable bonds is 1. The van der Waals surface area contributed by atoms with E-state index >= 15 is 0 Å². The van der Waals surface area contributed by atoms with E-state index in [2.05, 4.69) is 0 Å². The molecule has 0 unspecified atom stereocenters. The summed E-state index contributed by atoms with van der Waals surface area (Å²) in [5.41, 5.74) is 0. The van der Waals surface area contributed by atoms with Crippen molar-refractivity contribution < 1.29 is 5.11 Å². The molecule has 0 rings (SSSR count). The fourth-order valence-corrected chi connectivity index (χ4v) is 0.949. The summed E-state index contributed by atoms with van der Waals surface area (Å²) in [6.45, 7) is 0. The average Bonchev–Trinajstić information content (AvgIpc) is 1.27. The first-order chi connectivity index (χ1) is 3.13. The van der Waals surface area contributed by atoms with Crippen molar-refractivity contribution >= 4 is 27.6 Å². The molecular formula is C3H8ClNOS. The predicted molar refractivity (Wildman–Crippen MR) is 36.2 cm³/mol. The molecule has 0 amide bonds. The highest BCUT2D eigenvalue weighted by Crippen LogP contribution is 1.94. The zero-order valence-corrected chi connectivity index (χ0v) is 5.87. The minimum absolute atomic E-state index is 0.0926. The largest absolute Gasteiger partial charge is 0.345 e. The highest BCUT2D eigenvalue weighted by Gasteiger charge is 1.80. The van der Waals surface area contributed by atoms with Gasteiger partial charge in [-0.3, -0.25) is 4.31 Å². The van der Waals surface area contributed by atoms with Crippen LogP contribution in [0.2, 0.25) is 0 Å². The van der Waals surface area contributed by atoms with Gasteiger partial charge in [-0.05, 0) is 25.7 Å². The Balaban J connectivity index is 3.45. The highest BCUT2D eigenvalue weighted by atomic mass is 35.5. The zero-order chi connectivity index (χ0) is 5.86. The molecule has 4 heteroatoms. The van der Waals surface area contributed by atoms with Crippen molar-refractivity contribution in [1.29, 1.82) is 0 Å². The van der Waals surface area contributed by atoms with Crippen LogP contribution in [-0.4, -0.2) is 28.0 Å². The van der Waals surface area contributed by atoms with Gasteiger partial charge >= 0.3 is 0 Å². The first-order valence-corrected chi connectivity index (χ1v) is 2.96. The molecule has 0 aliphatic heterocycles. The lowest BCUT2D eigenvalue weighted by Gasteiger charge is -1.98. The molecule has 0 aliphatic rings. The van der Waals surface area contributed by atoms with E-state index in [-0.39, 0.29) is 4.51 Å². The van der Waals surface area contributed by atoms with Crippen LogP contribution in [0.25, 0.3) is 0 Å². The summed E-state index contributed by atoms with van der Waals surface area (Å²) in [6, 6.07) is 0. The third-order valence-corrected chi connectivity index (χ3v) is 1.07. The third kappa shape index (κ3) is 6.43. The third-order valence-electron chi connectivity index (χ3n) is 0.283. The number of thiol groups is 1. The lowest BCUT2D eigenvalue weighted by molar-refractivity contribution is 0.581. The minimum atomic E-state index is -0.0926. The number of hydrogen-bond acceptors (Lipinski definition) is 1. The SMILES string of the molecule is CN(C)[SH]=C(O)Cl. The van der Waals surface area contributed by atoms with Crippen LogP contribution in [0.5, 0.6) is 0 Å². The lowest BCUT2D eigenvalue weighted by atomic mass is 11.3. The molecule has 0 spiro atoms. The molecule has 0 aliphatic carbocycles. The first-order valence-electron chi connectivity index (χ1n) is 1.73. The van der Waals surface area contributed by atoms with Crippen molar-refractivity contribution in [2.24, 2.45) is 0 Å². The van der Waals surface area contributed by atoms with Gasteiger partial charge < -0.3 is 5.11 Å². The number of aliphatic hydroxyl groups is 1. The quantitative estimate of drug-likeness (QED) is 0.321. The van der Waals surface area contributed by atoms with Gasteiger partial charge in [-0.25, -0.2) is 0 Å². The first kappa shape index (κ1) is 7.43. The molecule has 0 aromatic carbocycles. The molecule has 0 saturated heterocycles. The molecule has 0 bridgehead atoms. The Bertz CT molecular complexity index is 79.0. The molecule has 0 fully saturated rings. The number of halogens is 1. The van der Waals surface area contributed by atoms with Gasteiger partial charge in [-0.1, -0.05) is 11.5 Å². The Kier molecular flexibility index (Phi) is 3.65. The van der Waals surface area contributed by atoms with Crippen molar-refractivity contribution in [3.8, 4) is 0 Å². The predicted octanol–water partition coefficient (Wildman–Crippen LogP) is 0.813. The maximum Gasteiger partial charge on any atom is 0.176 e. The van der Waals surface area contributed by atoms with Gasteiger partial charge in [0.15, 0.2) is 4.51 Å². The van der Waals surface area contributed by atoms with Crippen LogP contribution >= 0.6 is 23.1 Å². The van der Waals surface area contributed by atoms with E-state index in [9.17, 15) is 0 Å². The highest BCUT2D eigenvalue weighted by molar-refractivity contribution is 7.98. The standard InChI is InChI=1S/C3H8ClNOS/c1-5(2)7-3(4)6/h6-7H,1-2H3. The van der Waals surface area contributed by atoms with Gasteiger partial charge in [-0.2, -0.15) is 0 Å². The van der Waals surface area contributed by atoms with E-state index in [1.807, 2.05) is 14.1 Å². The second kappa shape index (κ2) is 3.43. The van der Waals surface area contributed by atoms with Gasteiger partial charge in [0.25, 0.3) is 0 Å². The molecule has 0 aromatic rings. The molecule has 0 heterocycles. The summed E-state index contributed by atoms with van der Waals surface area (Å²) in [5, 5.41) is 8.35. The van der Waals surface area contributed by atoms with Crippen molar-refractivity contribution in [1.82, 2.24) is 4.31 Å². The van der Waals surface area contributed by atoms with Crippen LogP contribution in [0.4, 0.5) is 0 Å². The van der Waals surface area contributed by atoms with E-state index in [0.717, 1.165) is 0 Å². The Morgan fingerprint density at radius 3 is 2.14 bits per heavy atom. The Hall–Kier alpha value is 0.430. The second-order valence-electron chi connectivity index (χ2n) is 1.22. The fourth-order valence-electron chi connectivity index (χ4n) is 0.165. The smallest absolute Gasteiger partial charge is 0.176 e. The second-order valence-corrected chi connectivity index (χ2v) is 3.26. The Labute approximate surface area is 51.8 Å². The van der Waals surface area contributed by atoms with E-state index in [1.165, 1.54) is 0 Å². The molecule has 1 N–H and O–H groups in total. The summed E-state index contributed by atoms with van der Waals surface area (Å²) in [4.78, 5) is 0. The zero-order valence-electron chi connectivity index (χ0n) is 4.22. The van der Waals surface area contributed by atoms with Gasteiger partial charge in [0.2, 0.25) is 0 Å². The molecule has 7 heavy (non-hydrogen) atoms. The van der Waals surface area contributed by atoms with E-state index in [1.54, 1.807) is 4.31 Å². The van der Waals surface area contributed by atoms with Crippen LogP contribution in [-0.2, 0) is 0 Å². The lowest BCUT2D eigenvalue weighted by Crippen LogP contribution is -1.97. The van der Waals surface area contributed by atoms with Crippen LogP contribution in [0.1, 0.15) is 0 Å². The topological polar surface area (TPSA) is 23.5 Å². The van der Waals surface area contributed by atoms with Crippen molar-refractivity contribution in [3.63, 3.8) is 0 Å². The summed E-state index contributed by atoms with van der Waals surface area (Å²) >= 11 is 5.74. The maximum absolute atomic E-state index is 8.35. The molecule has 0 radical (unpaired) electrons. The van der Waals surface area contributed by atoms with Crippen LogP contribution in [0.15, 0.2) is 0 Å². The van der Waals surface area contributed by atoms with Gasteiger partial charge in [0.1, 0.15) is 0 Å². The van der Waals surface area contributed by atoms with Crippen molar-refractivity contribution in [2.75, 3.05) is 14.1 Å². The Morgan fingerprint density at radius 2 is 2.14 bits per heavy atom. The van der Waals surface area contributed by atoms with Crippen molar-refractivity contribution in [2.45, 2.75) is 0 Å². The summed E-state index contributed by atoms with van der Waals surface area (Å²) < 4.78 is 1.66. The van der Waals surface area contributed by atoms with Gasteiger partial charge in [-0.15, -0.1) is 0 Å². The average molecular weight is 142 g/mol. The van der Waals surface area contributed by atoms with Crippen LogP contribution in [0.3, 0.4) is 0 Å². The minimum Gasteiger partial charge on any atom is -0.345 e. The van der Waals surface area contributed by atoms with E-state index in [0.29, 0.717) is 11.5 Å². The van der Waals surface area contributed by atoms with Gasteiger partial charge in [0.05, 0.1) is 0 Å². The number of hydrogen-bond donors (Lipinski definition) is 2. The number of aliphatic hydroxyl groups excluding tert-OH is 1. The van der Waals surface area contributed by atoms with Crippen LogP contribution < -0.4 is 0 Å². The molecule has 0 saturated carbocycles. The number of nitrogens with zero attached hydrogens (tertiary/aromatic N) is 1. The Morgan fingerprint density at radius 1 is 1.71 bits per heavy atom. The van der Waals surface area contributed by atoms with Crippen molar-refractivity contribution in [3.05, 3.63) is 0 Å². The maximum atomic E-state index is 8.35. The van der Waals surface area contributed by atoms with Gasteiger partial charge in [0, 0.05) is 0 Å². The molecule has 2 nitrogen and oxygen atoms in total. The molecule has 44 valence electrons. The molecule has 0 atom stereocenters. The summed E-state index contributed by atoms with van der Waals surface area (Å²) in [7, 11) is 3.64. The normalized spacial score (nSPS) is 14.1. The monoisotopic (exact) mass is 141 g/mol. The molecular weight excluding hydrogens is 134 g/mol. The fraction of sp³-hybridized carbons (Fsp3) is 0.667. The summed E-state index contributed by atoms with van der Waals surface area (Å²) in [6.07, 6.45) is 0. The van der Waals surface area contributed by atoms with E-state index < -0.39 is 0 Å².